The molecule has 0 amide bonds. The Labute approximate surface area is 115 Å². The fourth-order valence-electron chi connectivity index (χ4n) is 1.69. The molecule has 2 nitrogen and oxygen atoms in total. The molecule has 2 aromatic carbocycles. The van der Waals surface area contributed by atoms with E-state index in [1.54, 1.807) is 0 Å². The van der Waals surface area contributed by atoms with Crippen molar-refractivity contribution >= 4 is 0 Å². The molecule has 2 heteroatoms. The van der Waals surface area contributed by atoms with Gasteiger partial charge in [-0.05, 0) is 35.7 Å². The van der Waals surface area contributed by atoms with E-state index in [4.69, 9.17) is 9.47 Å². The molecule has 0 unspecified atom stereocenters. The van der Waals surface area contributed by atoms with Gasteiger partial charge in [0, 0.05) is 6.61 Å². The Bertz CT molecular complexity index is 474. The second-order valence-corrected chi connectivity index (χ2v) is 4.97. The smallest absolute Gasteiger partial charge is 0.127 e. The van der Waals surface area contributed by atoms with Gasteiger partial charge in [-0.15, -0.1) is 0 Å². The van der Waals surface area contributed by atoms with Gasteiger partial charge in [0.15, 0.2) is 0 Å². The quantitative estimate of drug-likeness (QED) is 0.749. The van der Waals surface area contributed by atoms with E-state index in [1.807, 2.05) is 54.6 Å². The molecule has 19 heavy (non-hydrogen) atoms. The van der Waals surface area contributed by atoms with Crippen LogP contribution in [0, 0.1) is 5.92 Å². The third kappa shape index (κ3) is 4.76. The van der Waals surface area contributed by atoms with E-state index in [9.17, 15) is 0 Å². The lowest BCUT2D eigenvalue weighted by Crippen LogP contribution is -2.01. The molecule has 0 bridgehead atoms. The van der Waals surface area contributed by atoms with Crippen LogP contribution in [0.1, 0.15) is 19.4 Å². The lowest BCUT2D eigenvalue weighted by Gasteiger charge is -2.08. The first-order valence-corrected chi connectivity index (χ1v) is 6.63. The molecular weight excluding hydrogens is 236 g/mol. The second kappa shape index (κ2) is 6.95. The monoisotopic (exact) mass is 256 g/mol. The minimum absolute atomic E-state index is 0.570. The highest BCUT2D eigenvalue weighted by atomic mass is 16.5. The number of para-hydroxylation sites is 1. The van der Waals surface area contributed by atoms with E-state index in [0.717, 1.165) is 18.1 Å². The second-order valence-electron chi connectivity index (χ2n) is 4.97. The van der Waals surface area contributed by atoms with Gasteiger partial charge in [0.05, 0.1) is 6.61 Å². The first-order valence-electron chi connectivity index (χ1n) is 6.63. The van der Waals surface area contributed by atoms with Crippen molar-refractivity contribution in [2.45, 2.75) is 20.5 Å². The minimum atomic E-state index is 0.570. The van der Waals surface area contributed by atoms with Crippen LogP contribution in [0.4, 0.5) is 0 Å². The number of hydrogen-bond donors (Lipinski definition) is 0. The van der Waals surface area contributed by atoms with Crippen LogP contribution in [0.3, 0.4) is 0 Å². The van der Waals surface area contributed by atoms with Gasteiger partial charge in [-0.3, -0.25) is 0 Å². The highest BCUT2D eigenvalue weighted by Crippen LogP contribution is 2.21. The van der Waals surface area contributed by atoms with Crippen LogP contribution in [0.2, 0.25) is 0 Å². The van der Waals surface area contributed by atoms with Gasteiger partial charge in [-0.1, -0.05) is 44.2 Å². The molecule has 0 radical (unpaired) electrons. The number of ether oxygens (including phenoxy) is 2. The van der Waals surface area contributed by atoms with Gasteiger partial charge < -0.3 is 9.47 Å². The molecule has 0 aromatic heterocycles. The Hall–Kier alpha value is -1.80. The van der Waals surface area contributed by atoms with Gasteiger partial charge in [-0.2, -0.15) is 0 Å². The van der Waals surface area contributed by atoms with Crippen LogP contribution in [0.15, 0.2) is 54.6 Å². The summed E-state index contributed by atoms with van der Waals surface area (Å²) in [7, 11) is 0. The fraction of sp³-hybridized carbons (Fsp3) is 0.294. The molecule has 0 aliphatic rings. The molecule has 2 rings (SSSR count). The van der Waals surface area contributed by atoms with E-state index in [1.165, 1.54) is 5.56 Å². The van der Waals surface area contributed by atoms with E-state index < -0.39 is 0 Å². The van der Waals surface area contributed by atoms with E-state index in [-0.39, 0.29) is 0 Å². The highest BCUT2D eigenvalue weighted by molar-refractivity contribution is 5.32. The van der Waals surface area contributed by atoms with Crippen LogP contribution in [-0.2, 0) is 11.3 Å². The molecule has 100 valence electrons. The first-order chi connectivity index (χ1) is 9.24. The van der Waals surface area contributed by atoms with Crippen molar-refractivity contribution in [2.75, 3.05) is 6.61 Å². The third-order valence-corrected chi connectivity index (χ3v) is 2.62. The minimum Gasteiger partial charge on any atom is -0.457 e. The summed E-state index contributed by atoms with van der Waals surface area (Å²) in [5.41, 5.74) is 1.17. The van der Waals surface area contributed by atoms with Gasteiger partial charge in [-0.25, -0.2) is 0 Å². The van der Waals surface area contributed by atoms with Crippen LogP contribution in [0.5, 0.6) is 11.5 Å². The molecule has 0 fully saturated rings. The lowest BCUT2D eigenvalue weighted by molar-refractivity contribution is 0.0970. The summed E-state index contributed by atoms with van der Waals surface area (Å²) in [5, 5.41) is 0. The first kappa shape index (κ1) is 13.6. The number of hydrogen-bond acceptors (Lipinski definition) is 2. The molecule has 0 saturated carbocycles. The van der Waals surface area contributed by atoms with Gasteiger partial charge in [0.25, 0.3) is 0 Å². The van der Waals surface area contributed by atoms with Crippen molar-refractivity contribution < 1.29 is 9.47 Å². The van der Waals surface area contributed by atoms with Crippen LogP contribution in [0.25, 0.3) is 0 Å². The molecule has 0 spiro atoms. The standard InChI is InChI=1S/C17H20O2/c1-14(2)12-18-13-15-8-10-17(11-9-15)19-16-6-4-3-5-7-16/h3-11,14H,12-13H2,1-2H3. The zero-order valence-corrected chi connectivity index (χ0v) is 11.5. The molecule has 0 aliphatic carbocycles. The van der Waals surface area contributed by atoms with Gasteiger partial charge in [0.1, 0.15) is 11.5 Å². The maximum Gasteiger partial charge on any atom is 0.127 e. The zero-order chi connectivity index (χ0) is 13.5. The fourth-order valence-corrected chi connectivity index (χ4v) is 1.69. The normalized spacial score (nSPS) is 10.7. The topological polar surface area (TPSA) is 18.5 Å². The predicted molar refractivity (Wildman–Crippen MR) is 77.5 cm³/mol. The maximum absolute atomic E-state index is 5.74. The summed E-state index contributed by atoms with van der Waals surface area (Å²) < 4.78 is 11.3. The Morgan fingerprint density at radius 3 is 2.11 bits per heavy atom. The summed E-state index contributed by atoms with van der Waals surface area (Å²) in [6.45, 7) is 5.75. The van der Waals surface area contributed by atoms with Crippen LogP contribution in [-0.4, -0.2) is 6.61 Å². The lowest BCUT2D eigenvalue weighted by atomic mass is 10.2. The van der Waals surface area contributed by atoms with Crippen molar-refractivity contribution in [1.29, 1.82) is 0 Å². The Morgan fingerprint density at radius 2 is 1.47 bits per heavy atom. The van der Waals surface area contributed by atoms with E-state index in [0.29, 0.717) is 12.5 Å². The molecule has 0 N–H and O–H groups in total. The van der Waals surface area contributed by atoms with Crippen molar-refractivity contribution in [2.24, 2.45) is 5.92 Å². The summed E-state index contributed by atoms with van der Waals surface area (Å²) in [6.07, 6.45) is 0. The summed E-state index contributed by atoms with van der Waals surface area (Å²) in [5.74, 6) is 2.27. The molecule has 0 atom stereocenters. The molecule has 0 heterocycles. The predicted octanol–water partition coefficient (Wildman–Crippen LogP) is 4.65. The SMILES string of the molecule is CC(C)COCc1ccc(Oc2ccccc2)cc1. The average Bonchev–Trinajstić information content (AvgIpc) is 2.42. The molecular formula is C17H20O2. The largest absolute Gasteiger partial charge is 0.457 e. The maximum atomic E-state index is 5.74. The van der Waals surface area contributed by atoms with Gasteiger partial charge >= 0.3 is 0 Å². The zero-order valence-electron chi connectivity index (χ0n) is 11.5. The number of rotatable bonds is 6. The van der Waals surface area contributed by atoms with Crippen LogP contribution < -0.4 is 4.74 Å². The van der Waals surface area contributed by atoms with Crippen LogP contribution >= 0.6 is 0 Å². The van der Waals surface area contributed by atoms with Crippen molar-refractivity contribution in [1.82, 2.24) is 0 Å². The van der Waals surface area contributed by atoms with Crippen molar-refractivity contribution in [3.05, 3.63) is 60.2 Å². The number of benzene rings is 2. The Balaban J connectivity index is 1.88. The summed E-state index contributed by atoms with van der Waals surface area (Å²) in [4.78, 5) is 0. The van der Waals surface area contributed by atoms with Crippen molar-refractivity contribution in [3.8, 4) is 11.5 Å². The summed E-state index contributed by atoms with van der Waals surface area (Å²) in [6, 6.07) is 17.8. The molecule has 2 aromatic rings. The molecule has 0 saturated heterocycles. The third-order valence-electron chi connectivity index (χ3n) is 2.62. The summed E-state index contributed by atoms with van der Waals surface area (Å²) >= 11 is 0. The Kier molecular flexibility index (Phi) is 4.99. The van der Waals surface area contributed by atoms with E-state index in [2.05, 4.69) is 13.8 Å². The van der Waals surface area contributed by atoms with Crippen molar-refractivity contribution in [3.63, 3.8) is 0 Å². The van der Waals surface area contributed by atoms with E-state index >= 15 is 0 Å². The Morgan fingerprint density at radius 1 is 0.842 bits per heavy atom. The van der Waals surface area contributed by atoms with Gasteiger partial charge in [0.2, 0.25) is 0 Å². The molecule has 0 aliphatic heterocycles. The highest BCUT2D eigenvalue weighted by Gasteiger charge is 1.99. The average molecular weight is 256 g/mol.